The van der Waals surface area contributed by atoms with Gasteiger partial charge in [-0.05, 0) is 44.6 Å². The fraction of sp³-hybridized carbons (Fsp3) is 0.400. The monoisotopic (exact) mass is 190 g/mol. The van der Waals surface area contributed by atoms with Crippen molar-refractivity contribution in [2.24, 2.45) is 0 Å². The summed E-state index contributed by atoms with van der Waals surface area (Å²) in [4.78, 5) is 0. The van der Waals surface area contributed by atoms with Crippen molar-refractivity contribution in [3.63, 3.8) is 0 Å². The third-order valence-electron chi connectivity index (χ3n) is 2.31. The number of hydrogen-bond acceptors (Lipinski definition) is 3. The normalized spacial score (nSPS) is 11.0. The minimum absolute atomic E-state index is 0.927. The molecule has 0 saturated heterocycles. The van der Waals surface area contributed by atoms with E-state index in [1.807, 2.05) is 24.6 Å². The molecule has 0 aromatic carbocycles. The minimum Gasteiger partial charge on any atom is -0.319 e. The van der Waals surface area contributed by atoms with Crippen molar-refractivity contribution in [1.82, 2.24) is 19.9 Å². The summed E-state index contributed by atoms with van der Waals surface area (Å²) in [5.41, 5.74) is 2.22. The molecule has 0 aliphatic carbocycles. The van der Waals surface area contributed by atoms with Gasteiger partial charge in [-0.15, -0.1) is 10.2 Å². The highest BCUT2D eigenvalue weighted by Crippen LogP contribution is 2.06. The van der Waals surface area contributed by atoms with E-state index in [1.165, 1.54) is 5.56 Å². The summed E-state index contributed by atoms with van der Waals surface area (Å²) in [5, 5.41) is 11.2. The first-order valence-electron chi connectivity index (χ1n) is 4.76. The molecule has 0 saturated carbocycles. The molecule has 0 fully saturated rings. The maximum Gasteiger partial charge on any atom is 0.161 e. The molecule has 1 N–H and O–H groups in total. The molecule has 0 unspecified atom stereocenters. The SMILES string of the molecule is CNCCc1ccn2c(C)nnc2c1. The van der Waals surface area contributed by atoms with Crippen LogP contribution < -0.4 is 5.32 Å². The van der Waals surface area contributed by atoms with Crippen LogP contribution >= 0.6 is 0 Å². The lowest BCUT2D eigenvalue weighted by Crippen LogP contribution is -2.10. The summed E-state index contributed by atoms with van der Waals surface area (Å²) in [6, 6.07) is 4.19. The number of hydrogen-bond donors (Lipinski definition) is 1. The van der Waals surface area contributed by atoms with Gasteiger partial charge in [0.25, 0.3) is 0 Å². The van der Waals surface area contributed by atoms with Crippen molar-refractivity contribution < 1.29 is 0 Å². The van der Waals surface area contributed by atoms with Gasteiger partial charge in [-0.1, -0.05) is 0 Å². The first-order valence-corrected chi connectivity index (χ1v) is 4.76. The molecular formula is C10H14N4. The summed E-state index contributed by atoms with van der Waals surface area (Å²) >= 11 is 0. The van der Waals surface area contributed by atoms with Crippen LogP contribution in [0.5, 0.6) is 0 Å². The molecule has 0 spiro atoms. The van der Waals surface area contributed by atoms with E-state index in [2.05, 4.69) is 27.6 Å². The van der Waals surface area contributed by atoms with Crippen molar-refractivity contribution in [3.8, 4) is 0 Å². The second-order valence-electron chi connectivity index (χ2n) is 3.36. The second kappa shape index (κ2) is 3.75. The quantitative estimate of drug-likeness (QED) is 0.778. The predicted octanol–water partition coefficient (Wildman–Crippen LogP) is 0.800. The summed E-state index contributed by atoms with van der Waals surface area (Å²) in [5.74, 6) is 0.931. The summed E-state index contributed by atoms with van der Waals surface area (Å²) in [6.45, 7) is 2.94. The van der Waals surface area contributed by atoms with Crippen molar-refractivity contribution in [2.75, 3.05) is 13.6 Å². The van der Waals surface area contributed by atoms with Crippen LogP contribution in [-0.2, 0) is 6.42 Å². The molecular weight excluding hydrogens is 176 g/mol. The Morgan fingerprint density at radius 3 is 3.07 bits per heavy atom. The van der Waals surface area contributed by atoms with E-state index < -0.39 is 0 Å². The van der Waals surface area contributed by atoms with Crippen LogP contribution in [0, 0.1) is 6.92 Å². The molecule has 0 aliphatic rings. The number of aryl methyl sites for hydroxylation is 1. The average Bonchev–Trinajstić information content (AvgIpc) is 2.57. The van der Waals surface area contributed by atoms with E-state index in [1.54, 1.807) is 0 Å². The molecule has 14 heavy (non-hydrogen) atoms. The molecule has 2 heterocycles. The largest absolute Gasteiger partial charge is 0.319 e. The van der Waals surface area contributed by atoms with Gasteiger partial charge in [-0.3, -0.25) is 4.40 Å². The lowest BCUT2D eigenvalue weighted by atomic mass is 10.2. The van der Waals surface area contributed by atoms with Crippen LogP contribution in [0.25, 0.3) is 5.65 Å². The number of aromatic nitrogens is 3. The second-order valence-corrected chi connectivity index (χ2v) is 3.36. The predicted molar refractivity (Wildman–Crippen MR) is 55.4 cm³/mol. The molecule has 2 aromatic rings. The molecule has 0 aliphatic heterocycles. The van der Waals surface area contributed by atoms with Crippen molar-refractivity contribution in [3.05, 3.63) is 29.7 Å². The van der Waals surface area contributed by atoms with Crippen molar-refractivity contribution >= 4 is 5.65 Å². The van der Waals surface area contributed by atoms with Gasteiger partial charge < -0.3 is 5.32 Å². The molecule has 2 rings (SSSR count). The fourth-order valence-corrected chi connectivity index (χ4v) is 1.48. The highest BCUT2D eigenvalue weighted by Gasteiger charge is 2.00. The summed E-state index contributed by atoms with van der Waals surface area (Å²) in [6.07, 6.45) is 3.05. The van der Waals surface area contributed by atoms with Gasteiger partial charge in [0.1, 0.15) is 5.82 Å². The van der Waals surface area contributed by atoms with Gasteiger partial charge in [0.15, 0.2) is 5.65 Å². The van der Waals surface area contributed by atoms with Crippen molar-refractivity contribution in [2.45, 2.75) is 13.3 Å². The smallest absolute Gasteiger partial charge is 0.161 e. The Balaban J connectivity index is 2.32. The minimum atomic E-state index is 0.927. The molecule has 0 atom stereocenters. The Bertz CT molecular complexity index is 433. The van der Waals surface area contributed by atoms with Crippen LogP contribution in [0.15, 0.2) is 18.3 Å². The van der Waals surface area contributed by atoms with E-state index in [9.17, 15) is 0 Å². The third-order valence-corrected chi connectivity index (χ3v) is 2.31. The Morgan fingerprint density at radius 1 is 1.43 bits per heavy atom. The number of nitrogens with zero attached hydrogens (tertiary/aromatic N) is 3. The summed E-state index contributed by atoms with van der Waals surface area (Å²) < 4.78 is 1.99. The molecule has 0 bridgehead atoms. The first-order chi connectivity index (χ1) is 6.81. The average molecular weight is 190 g/mol. The van der Waals surface area contributed by atoms with Crippen LogP contribution in [0.3, 0.4) is 0 Å². The lowest BCUT2D eigenvalue weighted by Gasteiger charge is -2.01. The molecule has 74 valence electrons. The van der Waals surface area contributed by atoms with Gasteiger partial charge in [-0.25, -0.2) is 0 Å². The fourth-order valence-electron chi connectivity index (χ4n) is 1.48. The molecule has 2 aromatic heterocycles. The van der Waals surface area contributed by atoms with E-state index in [0.717, 1.165) is 24.4 Å². The zero-order chi connectivity index (χ0) is 9.97. The highest BCUT2D eigenvalue weighted by molar-refractivity contribution is 5.41. The highest BCUT2D eigenvalue weighted by atomic mass is 15.2. The number of rotatable bonds is 3. The molecule has 4 heteroatoms. The molecule has 4 nitrogen and oxygen atoms in total. The Hall–Kier alpha value is -1.42. The Labute approximate surface area is 83.0 Å². The van der Waals surface area contributed by atoms with Crippen LogP contribution in [-0.4, -0.2) is 28.2 Å². The van der Waals surface area contributed by atoms with E-state index in [4.69, 9.17) is 0 Å². The zero-order valence-corrected chi connectivity index (χ0v) is 8.49. The number of nitrogens with one attached hydrogen (secondary N) is 1. The number of pyridine rings is 1. The van der Waals surface area contributed by atoms with E-state index >= 15 is 0 Å². The topological polar surface area (TPSA) is 42.2 Å². The van der Waals surface area contributed by atoms with Crippen molar-refractivity contribution in [1.29, 1.82) is 0 Å². The maximum absolute atomic E-state index is 4.08. The number of likely N-dealkylation sites (N-methyl/N-ethyl adjacent to an activating group) is 1. The molecule has 0 radical (unpaired) electrons. The first kappa shape index (κ1) is 9.15. The van der Waals surface area contributed by atoms with Gasteiger partial charge in [0.2, 0.25) is 0 Å². The van der Waals surface area contributed by atoms with Gasteiger partial charge in [0, 0.05) is 6.20 Å². The van der Waals surface area contributed by atoms with Gasteiger partial charge >= 0.3 is 0 Å². The number of fused-ring (bicyclic) bond motifs is 1. The van der Waals surface area contributed by atoms with E-state index in [0.29, 0.717) is 0 Å². The lowest BCUT2D eigenvalue weighted by molar-refractivity contribution is 0.791. The van der Waals surface area contributed by atoms with E-state index in [-0.39, 0.29) is 0 Å². The maximum atomic E-state index is 4.08. The zero-order valence-electron chi connectivity index (χ0n) is 8.49. The van der Waals surface area contributed by atoms with Gasteiger partial charge in [-0.2, -0.15) is 0 Å². The molecule has 0 amide bonds. The Morgan fingerprint density at radius 2 is 2.29 bits per heavy atom. The standard InChI is InChI=1S/C10H14N4/c1-8-12-13-10-7-9(3-5-11-2)4-6-14(8)10/h4,6-7,11H,3,5H2,1-2H3. The van der Waals surface area contributed by atoms with Crippen LogP contribution in [0.1, 0.15) is 11.4 Å². The third kappa shape index (κ3) is 1.61. The summed E-state index contributed by atoms with van der Waals surface area (Å²) in [7, 11) is 1.96. The van der Waals surface area contributed by atoms with Crippen LogP contribution in [0.4, 0.5) is 0 Å². The Kier molecular flexibility index (Phi) is 2.45. The van der Waals surface area contributed by atoms with Crippen LogP contribution in [0.2, 0.25) is 0 Å². The van der Waals surface area contributed by atoms with Gasteiger partial charge in [0.05, 0.1) is 0 Å².